The van der Waals surface area contributed by atoms with Gasteiger partial charge < -0.3 is 20.3 Å². The molecule has 1 heterocycles. The highest BCUT2D eigenvalue weighted by Gasteiger charge is 2.15. The number of hydrogen-bond donors (Lipinski definition) is 3. The van der Waals surface area contributed by atoms with Crippen molar-refractivity contribution in [2.75, 3.05) is 12.4 Å². The number of fused-ring (bicyclic) bond motifs is 1. The average molecular weight is 500 g/mol. The first-order valence-electron chi connectivity index (χ1n) is 12.0. The molecule has 0 saturated heterocycles. The molecule has 9 heteroatoms. The Morgan fingerprint density at radius 2 is 1.89 bits per heavy atom. The lowest BCUT2D eigenvalue weighted by atomic mass is 9.99. The predicted octanol–water partition coefficient (Wildman–Crippen LogP) is 5.42. The van der Waals surface area contributed by atoms with E-state index in [4.69, 9.17) is 4.98 Å². The zero-order valence-corrected chi connectivity index (χ0v) is 21.0. The lowest BCUT2D eigenvalue weighted by Gasteiger charge is -2.13. The van der Waals surface area contributed by atoms with Crippen LogP contribution in [0, 0.1) is 17.0 Å². The molecule has 0 amide bonds. The SMILES string of the molecule is CCCc1nc2c(C)cc(NC(=C[N+](=O)[O-])NC)cc2n1Cc1ccc(-c2ccccc2C(=O)O)cc1. The van der Waals surface area contributed by atoms with Crippen LogP contribution in [-0.2, 0) is 13.0 Å². The van der Waals surface area contributed by atoms with E-state index in [2.05, 4.69) is 22.1 Å². The highest BCUT2D eigenvalue weighted by molar-refractivity contribution is 5.96. The highest BCUT2D eigenvalue weighted by Crippen LogP contribution is 2.28. The second-order valence-corrected chi connectivity index (χ2v) is 8.78. The normalized spacial score (nSPS) is 11.5. The number of nitrogens with zero attached hydrogens (tertiary/aromatic N) is 3. The monoisotopic (exact) mass is 499 g/mol. The first-order valence-corrected chi connectivity index (χ1v) is 12.0. The van der Waals surface area contributed by atoms with Crippen LogP contribution in [0.5, 0.6) is 0 Å². The summed E-state index contributed by atoms with van der Waals surface area (Å²) in [5, 5.41) is 26.4. The van der Waals surface area contributed by atoms with E-state index in [0.29, 0.717) is 12.1 Å². The van der Waals surface area contributed by atoms with E-state index in [9.17, 15) is 20.0 Å². The van der Waals surface area contributed by atoms with Crippen LogP contribution < -0.4 is 10.6 Å². The van der Waals surface area contributed by atoms with Crippen molar-refractivity contribution in [3.63, 3.8) is 0 Å². The van der Waals surface area contributed by atoms with Crippen molar-refractivity contribution in [3.8, 4) is 11.1 Å². The van der Waals surface area contributed by atoms with E-state index in [1.54, 1.807) is 19.2 Å². The highest BCUT2D eigenvalue weighted by atomic mass is 16.6. The number of nitrogens with one attached hydrogen (secondary N) is 2. The number of nitro groups is 1. The van der Waals surface area contributed by atoms with E-state index < -0.39 is 10.9 Å². The van der Waals surface area contributed by atoms with E-state index >= 15 is 0 Å². The molecule has 0 radical (unpaired) electrons. The fraction of sp³-hybridized carbons (Fsp3) is 0.214. The number of carboxylic acids is 1. The van der Waals surface area contributed by atoms with Gasteiger partial charge in [-0.1, -0.05) is 49.4 Å². The third-order valence-corrected chi connectivity index (χ3v) is 6.14. The van der Waals surface area contributed by atoms with E-state index in [1.807, 2.05) is 55.5 Å². The molecule has 0 fully saturated rings. The summed E-state index contributed by atoms with van der Waals surface area (Å²) in [6.07, 6.45) is 2.64. The van der Waals surface area contributed by atoms with Gasteiger partial charge in [-0.3, -0.25) is 10.1 Å². The molecule has 0 aliphatic rings. The number of carboxylic acid groups (broad SMARTS) is 1. The van der Waals surface area contributed by atoms with Crippen molar-refractivity contribution in [1.82, 2.24) is 14.9 Å². The number of benzene rings is 3. The second-order valence-electron chi connectivity index (χ2n) is 8.78. The Hall–Kier alpha value is -4.66. The predicted molar refractivity (Wildman–Crippen MR) is 144 cm³/mol. The van der Waals surface area contributed by atoms with Gasteiger partial charge in [0, 0.05) is 25.7 Å². The van der Waals surface area contributed by atoms with Gasteiger partial charge in [-0.15, -0.1) is 0 Å². The molecule has 37 heavy (non-hydrogen) atoms. The summed E-state index contributed by atoms with van der Waals surface area (Å²) in [7, 11) is 1.62. The number of aromatic carboxylic acids is 1. The van der Waals surface area contributed by atoms with Crippen LogP contribution in [-0.4, -0.2) is 32.6 Å². The topological polar surface area (TPSA) is 122 Å². The summed E-state index contributed by atoms with van der Waals surface area (Å²) in [6, 6.07) is 18.7. The Kier molecular flexibility index (Phi) is 7.52. The lowest BCUT2D eigenvalue weighted by molar-refractivity contribution is -0.403. The van der Waals surface area contributed by atoms with Gasteiger partial charge in [0.1, 0.15) is 5.82 Å². The maximum absolute atomic E-state index is 11.6. The molecule has 3 N–H and O–H groups in total. The quantitative estimate of drug-likeness (QED) is 0.197. The molecule has 4 rings (SSSR count). The van der Waals surface area contributed by atoms with Crippen LogP contribution in [0.1, 0.15) is 40.7 Å². The van der Waals surface area contributed by atoms with Crippen LogP contribution in [0.25, 0.3) is 22.2 Å². The van der Waals surface area contributed by atoms with Crippen molar-refractivity contribution >= 4 is 22.7 Å². The van der Waals surface area contributed by atoms with Crippen molar-refractivity contribution in [1.29, 1.82) is 0 Å². The van der Waals surface area contributed by atoms with Crippen LogP contribution in [0.4, 0.5) is 5.69 Å². The number of carbonyl (C=O) groups is 1. The Bertz CT molecular complexity index is 1490. The van der Waals surface area contributed by atoms with Gasteiger partial charge in [-0.05, 0) is 53.8 Å². The number of rotatable bonds is 10. The maximum atomic E-state index is 11.6. The van der Waals surface area contributed by atoms with E-state index in [-0.39, 0.29) is 11.4 Å². The molecule has 0 aliphatic carbocycles. The molecule has 9 nitrogen and oxygen atoms in total. The molecule has 0 aliphatic heterocycles. The van der Waals surface area contributed by atoms with Gasteiger partial charge in [-0.25, -0.2) is 9.78 Å². The molecule has 4 aromatic rings. The summed E-state index contributed by atoms with van der Waals surface area (Å²) >= 11 is 0. The number of hydrogen-bond acceptors (Lipinski definition) is 6. The van der Waals surface area contributed by atoms with Gasteiger partial charge in [0.25, 0.3) is 6.20 Å². The van der Waals surface area contributed by atoms with Crippen LogP contribution in [0.15, 0.2) is 72.7 Å². The summed E-state index contributed by atoms with van der Waals surface area (Å²) in [4.78, 5) is 27.0. The molecule has 1 aromatic heterocycles. The molecule has 0 atom stereocenters. The summed E-state index contributed by atoms with van der Waals surface area (Å²) < 4.78 is 2.17. The number of imidazole rings is 1. The molecule has 190 valence electrons. The lowest BCUT2D eigenvalue weighted by Crippen LogP contribution is -2.16. The van der Waals surface area contributed by atoms with Crippen LogP contribution in [0.3, 0.4) is 0 Å². The zero-order chi connectivity index (χ0) is 26.5. The molecular weight excluding hydrogens is 470 g/mol. The Morgan fingerprint density at radius 1 is 1.16 bits per heavy atom. The number of aryl methyl sites for hydroxylation is 2. The molecular formula is C28H29N5O4. The van der Waals surface area contributed by atoms with Crippen LogP contribution in [0.2, 0.25) is 0 Å². The minimum atomic E-state index is -0.956. The Morgan fingerprint density at radius 3 is 2.54 bits per heavy atom. The standard InChI is InChI=1S/C28H29N5O4/c1-4-7-26-31-27-18(2)14-21(30-25(29-3)17-33(36)37)15-24(27)32(26)16-19-10-12-20(13-11-19)22-8-5-6-9-23(22)28(34)35/h5-6,8-15,17,29-30H,4,7,16H2,1-3H3,(H,34,35). The number of aromatic nitrogens is 2. The summed E-state index contributed by atoms with van der Waals surface area (Å²) in [5.41, 5.74) is 6.34. The van der Waals surface area contributed by atoms with Gasteiger partial charge in [0.2, 0.25) is 0 Å². The summed E-state index contributed by atoms with van der Waals surface area (Å²) in [6.45, 7) is 4.67. The molecule has 0 spiro atoms. The van der Waals surface area contributed by atoms with Crippen molar-refractivity contribution in [2.45, 2.75) is 33.2 Å². The molecule has 0 bridgehead atoms. The first kappa shape index (κ1) is 25.4. The van der Waals surface area contributed by atoms with Crippen molar-refractivity contribution in [3.05, 3.63) is 105 Å². The summed E-state index contributed by atoms with van der Waals surface area (Å²) in [5.74, 6) is 0.289. The third-order valence-electron chi connectivity index (χ3n) is 6.14. The third kappa shape index (κ3) is 5.61. The minimum absolute atomic E-state index is 0.267. The fourth-order valence-electron chi connectivity index (χ4n) is 4.42. The van der Waals surface area contributed by atoms with Crippen molar-refractivity contribution in [2.24, 2.45) is 0 Å². The molecule has 0 saturated carbocycles. The van der Waals surface area contributed by atoms with E-state index in [0.717, 1.165) is 58.3 Å². The Balaban J connectivity index is 1.71. The van der Waals surface area contributed by atoms with Crippen molar-refractivity contribution < 1.29 is 14.8 Å². The minimum Gasteiger partial charge on any atom is -0.478 e. The zero-order valence-electron chi connectivity index (χ0n) is 21.0. The van der Waals surface area contributed by atoms with Gasteiger partial charge in [0.05, 0.1) is 21.5 Å². The van der Waals surface area contributed by atoms with Crippen LogP contribution >= 0.6 is 0 Å². The second kappa shape index (κ2) is 10.9. The largest absolute Gasteiger partial charge is 0.478 e. The fourth-order valence-corrected chi connectivity index (χ4v) is 4.42. The van der Waals surface area contributed by atoms with Gasteiger partial charge in [-0.2, -0.15) is 0 Å². The van der Waals surface area contributed by atoms with E-state index in [1.165, 1.54) is 0 Å². The first-order chi connectivity index (χ1) is 17.8. The molecule has 0 unspecified atom stereocenters. The Labute approximate surface area is 214 Å². The van der Waals surface area contributed by atoms with Gasteiger partial charge in [0.15, 0.2) is 5.82 Å². The molecule has 3 aromatic carbocycles. The number of anilines is 1. The van der Waals surface area contributed by atoms with Gasteiger partial charge >= 0.3 is 5.97 Å². The smallest absolute Gasteiger partial charge is 0.336 e. The maximum Gasteiger partial charge on any atom is 0.336 e. The average Bonchev–Trinajstić information content (AvgIpc) is 3.21.